The van der Waals surface area contributed by atoms with Gasteiger partial charge in [0.15, 0.2) is 5.82 Å². The zero-order valence-corrected chi connectivity index (χ0v) is 10.5. The van der Waals surface area contributed by atoms with Crippen LogP contribution in [0, 0.1) is 6.92 Å². The van der Waals surface area contributed by atoms with Crippen LogP contribution in [0.4, 0.5) is 0 Å². The van der Waals surface area contributed by atoms with Crippen molar-refractivity contribution in [2.24, 2.45) is 0 Å². The molecule has 0 N–H and O–H groups in total. The van der Waals surface area contributed by atoms with Crippen LogP contribution in [0.25, 0.3) is 16.3 Å². The molecule has 0 atom stereocenters. The standard InChI is InChI=1S/C12H12N4S/c1-3-11-14-12-13-8(2)7-9(16(12)15-11)10-5-4-6-17-10/h4-7H,3H2,1-2H3. The van der Waals surface area contributed by atoms with E-state index in [0.29, 0.717) is 5.78 Å². The highest BCUT2D eigenvalue weighted by Crippen LogP contribution is 2.25. The van der Waals surface area contributed by atoms with Gasteiger partial charge in [-0.1, -0.05) is 13.0 Å². The Labute approximate surface area is 103 Å². The topological polar surface area (TPSA) is 43.1 Å². The van der Waals surface area contributed by atoms with E-state index in [4.69, 9.17) is 0 Å². The number of aryl methyl sites for hydroxylation is 2. The highest BCUT2D eigenvalue weighted by Gasteiger charge is 2.10. The lowest BCUT2D eigenvalue weighted by Gasteiger charge is -2.02. The van der Waals surface area contributed by atoms with Gasteiger partial charge in [0.1, 0.15) is 0 Å². The van der Waals surface area contributed by atoms with Crippen molar-refractivity contribution in [3.63, 3.8) is 0 Å². The number of hydrogen-bond acceptors (Lipinski definition) is 4. The summed E-state index contributed by atoms with van der Waals surface area (Å²) in [4.78, 5) is 10.0. The third-order valence-electron chi connectivity index (χ3n) is 2.57. The van der Waals surface area contributed by atoms with Gasteiger partial charge in [-0.25, -0.2) is 4.98 Å². The molecule has 0 saturated heterocycles. The second kappa shape index (κ2) is 3.92. The predicted octanol–water partition coefficient (Wildman–Crippen LogP) is 2.72. The highest BCUT2D eigenvalue weighted by molar-refractivity contribution is 7.13. The van der Waals surface area contributed by atoms with E-state index < -0.39 is 0 Å². The van der Waals surface area contributed by atoms with Crippen molar-refractivity contribution in [1.82, 2.24) is 19.6 Å². The lowest BCUT2D eigenvalue weighted by molar-refractivity contribution is 0.883. The maximum atomic E-state index is 4.48. The van der Waals surface area contributed by atoms with Gasteiger partial charge in [0, 0.05) is 12.1 Å². The Hall–Kier alpha value is -1.75. The molecule has 86 valence electrons. The molecule has 0 aromatic carbocycles. The number of hydrogen-bond donors (Lipinski definition) is 0. The molecule has 0 radical (unpaired) electrons. The summed E-state index contributed by atoms with van der Waals surface area (Å²) in [5.41, 5.74) is 2.03. The smallest absolute Gasteiger partial charge is 0.216 e. The van der Waals surface area contributed by atoms with Gasteiger partial charge in [-0.3, -0.25) is 0 Å². The molecule has 3 aromatic heterocycles. The van der Waals surface area contributed by atoms with Gasteiger partial charge < -0.3 is 0 Å². The number of rotatable bonds is 2. The van der Waals surface area contributed by atoms with Crippen LogP contribution in [0.15, 0.2) is 23.6 Å². The van der Waals surface area contributed by atoms with Crippen molar-refractivity contribution in [3.05, 3.63) is 35.1 Å². The molecule has 5 heteroatoms. The summed E-state index contributed by atoms with van der Waals surface area (Å²) < 4.78 is 1.83. The number of fused-ring (bicyclic) bond motifs is 1. The lowest BCUT2D eigenvalue weighted by Crippen LogP contribution is -1.97. The van der Waals surface area contributed by atoms with E-state index >= 15 is 0 Å². The van der Waals surface area contributed by atoms with E-state index in [0.717, 1.165) is 23.6 Å². The Morgan fingerprint density at radius 1 is 1.35 bits per heavy atom. The van der Waals surface area contributed by atoms with Crippen LogP contribution in [0.5, 0.6) is 0 Å². The summed E-state index contributed by atoms with van der Waals surface area (Å²) in [6.07, 6.45) is 0.826. The molecule has 0 aliphatic carbocycles. The fourth-order valence-corrected chi connectivity index (χ4v) is 2.50. The quantitative estimate of drug-likeness (QED) is 0.696. The van der Waals surface area contributed by atoms with Gasteiger partial charge in [-0.05, 0) is 24.4 Å². The summed E-state index contributed by atoms with van der Waals surface area (Å²) in [7, 11) is 0. The van der Waals surface area contributed by atoms with Crippen LogP contribution < -0.4 is 0 Å². The Bertz CT molecular complexity index is 655. The highest BCUT2D eigenvalue weighted by atomic mass is 32.1. The zero-order valence-electron chi connectivity index (χ0n) is 9.71. The van der Waals surface area contributed by atoms with Gasteiger partial charge in [0.25, 0.3) is 5.78 Å². The third kappa shape index (κ3) is 1.72. The molecule has 0 fully saturated rings. The van der Waals surface area contributed by atoms with Crippen LogP contribution in [0.2, 0.25) is 0 Å². The Kier molecular flexibility index (Phi) is 2.40. The molecule has 3 aromatic rings. The van der Waals surface area contributed by atoms with E-state index in [-0.39, 0.29) is 0 Å². The molecule has 0 amide bonds. The minimum Gasteiger partial charge on any atom is -0.216 e. The molecule has 4 nitrogen and oxygen atoms in total. The van der Waals surface area contributed by atoms with Crippen LogP contribution in [0.1, 0.15) is 18.4 Å². The SMILES string of the molecule is CCc1nc2nc(C)cc(-c3cccs3)n2n1. The average Bonchev–Trinajstić information content (AvgIpc) is 2.96. The van der Waals surface area contributed by atoms with E-state index in [2.05, 4.69) is 26.5 Å². The van der Waals surface area contributed by atoms with Crippen molar-refractivity contribution in [3.8, 4) is 10.6 Å². The second-order valence-electron chi connectivity index (χ2n) is 3.85. The number of nitrogens with zero attached hydrogens (tertiary/aromatic N) is 4. The van der Waals surface area contributed by atoms with Gasteiger partial charge in [-0.15, -0.1) is 16.4 Å². The second-order valence-corrected chi connectivity index (χ2v) is 4.80. The predicted molar refractivity (Wildman–Crippen MR) is 68.2 cm³/mol. The van der Waals surface area contributed by atoms with Gasteiger partial charge in [-0.2, -0.15) is 9.50 Å². The maximum absolute atomic E-state index is 4.48. The molecule has 3 rings (SSSR count). The van der Waals surface area contributed by atoms with Crippen molar-refractivity contribution in [1.29, 1.82) is 0 Å². The minimum absolute atomic E-state index is 0.685. The monoisotopic (exact) mass is 244 g/mol. The summed E-state index contributed by atoms with van der Waals surface area (Å²) >= 11 is 1.70. The van der Waals surface area contributed by atoms with Crippen molar-refractivity contribution >= 4 is 17.1 Å². The number of aromatic nitrogens is 4. The third-order valence-corrected chi connectivity index (χ3v) is 3.47. The van der Waals surface area contributed by atoms with Crippen molar-refractivity contribution < 1.29 is 0 Å². The maximum Gasteiger partial charge on any atom is 0.253 e. The van der Waals surface area contributed by atoms with Gasteiger partial charge in [0.05, 0.1) is 10.6 Å². The summed E-state index contributed by atoms with van der Waals surface area (Å²) in [6, 6.07) is 6.18. The van der Waals surface area contributed by atoms with Gasteiger partial charge in [0.2, 0.25) is 0 Å². The lowest BCUT2D eigenvalue weighted by atomic mass is 10.3. The van der Waals surface area contributed by atoms with Crippen LogP contribution >= 0.6 is 11.3 Å². The average molecular weight is 244 g/mol. The first kappa shape index (κ1) is 10.4. The largest absolute Gasteiger partial charge is 0.253 e. The number of thiophene rings is 1. The molecular weight excluding hydrogens is 232 g/mol. The Morgan fingerprint density at radius 3 is 2.94 bits per heavy atom. The van der Waals surface area contributed by atoms with Crippen LogP contribution in [-0.2, 0) is 6.42 Å². The first-order valence-electron chi connectivity index (χ1n) is 5.55. The summed E-state index contributed by atoms with van der Waals surface area (Å²) in [5, 5.41) is 6.54. The van der Waals surface area contributed by atoms with Crippen LogP contribution in [0.3, 0.4) is 0 Å². The molecule has 0 spiro atoms. The van der Waals surface area contributed by atoms with E-state index in [1.807, 2.05) is 30.5 Å². The van der Waals surface area contributed by atoms with Crippen molar-refractivity contribution in [2.75, 3.05) is 0 Å². The van der Waals surface area contributed by atoms with Crippen molar-refractivity contribution in [2.45, 2.75) is 20.3 Å². The van der Waals surface area contributed by atoms with E-state index in [1.54, 1.807) is 11.3 Å². The molecule has 0 aliphatic heterocycles. The minimum atomic E-state index is 0.685. The Balaban J connectivity index is 2.32. The molecule has 0 bridgehead atoms. The molecular formula is C12H12N4S. The fraction of sp³-hybridized carbons (Fsp3) is 0.250. The summed E-state index contributed by atoms with van der Waals surface area (Å²) in [6.45, 7) is 4.03. The Morgan fingerprint density at radius 2 is 2.24 bits per heavy atom. The molecule has 3 heterocycles. The molecule has 17 heavy (non-hydrogen) atoms. The van der Waals surface area contributed by atoms with E-state index in [9.17, 15) is 0 Å². The fourth-order valence-electron chi connectivity index (χ4n) is 1.78. The summed E-state index contributed by atoms with van der Waals surface area (Å²) in [5.74, 6) is 1.52. The van der Waals surface area contributed by atoms with Gasteiger partial charge >= 0.3 is 0 Å². The molecule has 0 aliphatic rings. The normalized spacial score (nSPS) is 11.2. The first-order valence-corrected chi connectivity index (χ1v) is 6.43. The first-order chi connectivity index (χ1) is 8.28. The zero-order chi connectivity index (χ0) is 11.8. The van der Waals surface area contributed by atoms with Crippen LogP contribution in [-0.4, -0.2) is 19.6 Å². The van der Waals surface area contributed by atoms with E-state index in [1.165, 1.54) is 4.88 Å². The molecule has 0 saturated carbocycles. The molecule has 0 unspecified atom stereocenters.